The number of carbonyl (C=O) groups excluding carboxylic acids is 1. The predicted octanol–water partition coefficient (Wildman–Crippen LogP) is 3.47. The number of hydrogen-bond acceptors (Lipinski definition) is 5. The summed E-state index contributed by atoms with van der Waals surface area (Å²) in [5, 5.41) is 3.34. The Kier molecular flexibility index (Phi) is 5.20. The first-order valence-electron chi connectivity index (χ1n) is 7.25. The Bertz CT molecular complexity index is 505. The second kappa shape index (κ2) is 6.33. The van der Waals surface area contributed by atoms with Gasteiger partial charge in [0, 0.05) is 11.7 Å². The van der Waals surface area contributed by atoms with Crippen molar-refractivity contribution in [2.75, 3.05) is 17.7 Å². The van der Waals surface area contributed by atoms with E-state index in [2.05, 4.69) is 44.9 Å². The fraction of sp³-hybridized carbons (Fsp3) is 0.625. The van der Waals surface area contributed by atoms with Crippen molar-refractivity contribution in [1.82, 2.24) is 4.98 Å². The van der Waals surface area contributed by atoms with E-state index in [-0.39, 0.29) is 11.0 Å². The number of carbonyl (C=O) groups is 1. The molecule has 0 aromatic carbocycles. The zero-order valence-electron chi connectivity index (χ0n) is 13.9. The molecule has 0 unspecified atom stereocenters. The van der Waals surface area contributed by atoms with Gasteiger partial charge in [0.1, 0.15) is 5.82 Å². The van der Waals surface area contributed by atoms with Crippen LogP contribution in [-0.2, 0) is 4.74 Å². The quantitative estimate of drug-likeness (QED) is 0.813. The van der Waals surface area contributed by atoms with Gasteiger partial charge in [-0.25, -0.2) is 9.78 Å². The molecule has 0 aliphatic rings. The molecular formula is C16H27N3O2. The fourth-order valence-electron chi connectivity index (χ4n) is 2.65. The van der Waals surface area contributed by atoms with Crippen LogP contribution in [0.3, 0.4) is 0 Å². The van der Waals surface area contributed by atoms with Crippen LogP contribution in [0.25, 0.3) is 0 Å². The van der Waals surface area contributed by atoms with Crippen LogP contribution in [0.5, 0.6) is 0 Å². The van der Waals surface area contributed by atoms with Gasteiger partial charge in [-0.3, -0.25) is 0 Å². The molecule has 0 aliphatic heterocycles. The highest BCUT2D eigenvalue weighted by atomic mass is 16.5. The Morgan fingerprint density at radius 3 is 2.48 bits per heavy atom. The van der Waals surface area contributed by atoms with E-state index in [9.17, 15) is 4.79 Å². The Morgan fingerprint density at radius 1 is 1.33 bits per heavy atom. The van der Waals surface area contributed by atoms with E-state index in [0.717, 1.165) is 6.42 Å². The molecule has 118 valence electrons. The molecule has 0 fully saturated rings. The Hall–Kier alpha value is -1.78. The Labute approximate surface area is 127 Å². The number of nitrogens with two attached hydrogens (primary N) is 1. The van der Waals surface area contributed by atoms with E-state index >= 15 is 0 Å². The highest BCUT2D eigenvalue weighted by Crippen LogP contribution is 2.31. The SMILES string of the molecule is CCOC(=O)c1ccnc(NC(C)(C)CC(C)(C)C)c1N. The van der Waals surface area contributed by atoms with Crippen LogP contribution in [0.4, 0.5) is 11.5 Å². The van der Waals surface area contributed by atoms with E-state index in [4.69, 9.17) is 10.5 Å². The molecule has 0 aliphatic carbocycles. The van der Waals surface area contributed by atoms with Crippen molar-refractivity contribution in [2.45, 2.75) is 53.5 Å². The molecule has 0 bridgehead atoms. The number of aromatic nitrogens is 1. The molecule has 5 heteroatoms. The van der Waals surface area contributed by atoms with Crippen LogP contribution in [-0.4, -0.2) is 23.1 Å². The van der Waals surface area contributed by atoms with Gasteiger partial charge in [0.25, 0.3) is 0 Å². The van der Waals surface area contributed by atoms with E-state index in [1.54, 1.807) is 19.2 Å². The van der Waals surface area contributed by atoms with Crippen LogP contribution in [0.1, 0.15) is 58.3 Å². The van der Waals surface area contributed by atoms with E-state index < -0.39 is 5.97 Å². The zero-order chi connectivity index (χ0) is 16.3. The van der Waals surface area contributed by atoms with Crippen molar-refractivity contribution in [3.63, 3.8) is 0 Å². The average molecular weight is 293 g/mol. The first-order chi connectivity index (χ1) is 9.56. The minimum Gasteiger partial charge on any atom is -0.462 e. The molecule has 0 saturated heterocycles. The van der Waals surface area contributed by atoms with Crippen molar-refractivity contribution in [2.24, 2.45) is 5.41 Å². The third-order valence-electron chi connectivity index (χ3n) is 2.91. The van der Waals surface area contributed by atoms with Crippen molar-refractivity contribution in [3.05, 3.63) is 17.8 Å². The van der Waals surface area contributed by atoms with Gasteiger partial charge < -0.3 is 15.8 Å². The second-order valence-electron chi connectivity index (χ2n) is 7.09. The highest BCUT2D eigenvalue weighted by molar-refractivity contribution is 5.97. The van der Waals surface area contributed by atoms with Gasteiger partial charge >= 0.3 is 5.97 Å². The van der Waals surface area contributed by atoms with Crippen LogP contribution < -0.4 is 11.1 Å². The molecule has 1 aromatic heterocycles. The largest absolute Gasteiger partial charge is 0.462 e. The van der Waals surface area contributed by atoms with Gasteiger partial charge in [0.05, 0.1) is 17.9 Å². The zero-order valence-corrected chi connectivity index (χ0v) is 13.9. The molecule has 0 spiro atoms. The smallest absolute Gasteiger partial charge is 0.340 e. The van der Waals surface area contributed by atoms with Gasteiger partial charge in [0.2, 0.25) is 0 Å². The van der Waals surface area contributed by atoms with Crippen molar-refractivity contribution >= 4 is 17.5 Å². The molecule has 3 N–H and O–H groups in total. The maximum atomic E-state index is 11.9. The number of nitrogen functional groups attached to an aromatic ring is 1. The maximum absolute atomic E-state index is 11.9. The number of rotatable bonds is 5. The lowest BCUT2D eigenvalue weighted by Gasteiger charge is -2.34. The molecule has 0 amide bonds. The molecule has 0 saturated carbocycles. The van der Waals surface area contributed by atoms with E-state index in [1.165, 1.54) is 0 Å². The number of pyridine rings is 1. The second-order valence-corrected chi connectivity index (χ2v) is 7.09. The summed E-state index contributed by atoms with van der Waals surface area (Å²) in [6.07, 6.45) is 2.50. The number of anilines is 2. The van der Waals surface area contributed by atoms with Crippen molar-refractivity contribution < 1.29 is 9.53 Å². The Balaban J connectivity index is 2.99. The summed E-state index contributed by atoms with van der Waals surface area (Å²) in [4.78, 5) is 16.1. The molecular weight excluding hydrogens is 266 g/mol. The van der Waals surface area contributed by atoms with Gasteiger partial charge in [-0.05, 0) is 38.7 Å². The molecule has 1 aromatic rings. The van der Waals surface area contributed by atoms with Gasteiger partial charge in [0.15, 0.2) is 0 Å². The minimum absolute atomic E-state index is 0.171. The third-order valence-corrected chi connectivity index (χ3v) is 2.91. The lowest BCUT2D eigenvalue weighted by atomic mass is 9.82. The summed E-state index contributed by atoms with van der Waals surface area (Å²) in [6.45, 7) is 12.8. The van der Waals surface area contributed by atoms with Crippen LogP contribution in [0.2, 0.25) is 0 Å². The summed E-state index contributed by atoms with van der Waals surface area (Å²) in [7, 11) is 0. The van der Waals surface area contributed by atoms with E-state index in [1.807, 2.05) is 0 Å². The van der Waals surface area contributed by atoms with E-state index in [0.29, 0.717) is 23.7 Å². The number of nitrogens with one attached hydrogen (secondary N) is 1. The maximum Gasteiger partial charge on any atom is 0.340 e. The summed E-state index contributed by atoms with van der Waals surface area (Å²) in [5.41, 5.74) is 6.72. The molecule has 21 heavy (non-hydrogen) atoms. The average Bonchev–Trinajstić information content (AvgIpc) is 2.28. The summed E-state index contributed by atoms with van der Waals surface area (Å²) < 4.78 is 5.00. The summed E-state index contributed by atoms with van der Waals surface area (Å²) >= 11 is 0. The van der Waals surface area contributed by atoms with Crippen LogP contribution >= 0.6 is 0 Å². The lowest BCUT2D eigenvalue weighted by Crippen LogP contribution is -2.36. The molecule has 5 nitrogen and oxygen atoms in total. The van der Waals surface area contributed by atoms with Gasteiger partial charge in [-0.15, -0.1) is 0 Å². The normalized spacial score (nSPS) is 12.1. The number of ether oxygens (including phenoxy) is 1. The summed E-state index contributed by atoms with van der Waals surface area (Å²) in [6, 6.07) is 1.58. The predicted molar refractivity (Wildman–Crippen MR) is 86.4 cm³/mol. The van der Waals surface area contributed by atoms with Crippen molar-refractivity contribution in [1.29, 1.82) is 0 Å². The van der Waals surface area contributed by atoms with Crippen LogP contribution in [0.15, 0.2) is 12.3 Å². The number of nitrogens with zero attached hydrogens (tertiary/aromatic N) is 1. The molecule has 1 heterocycles. The molecule has 0 atom stereocenters. The highest BCUT2D eigenvalue weighted by Gasteiger charge is 2.27. The Morgan fingerprint density at radius 2 is 1.95 bits per heavy atom. The standard InChI is InChI=1S/C16H27N3O2/c1-7-21-14(20)11-8-9-18-13(12(11)17)19-16(5,6)10-15(2,3)4/h8-9H,7,10,17H2,1-6H3,(H,18,19). The first kappa shape index (κ1) is 17.3. The minimum atomic E-state index is -0.422. The fourth-order valence-corrected chi connectivity index (χ4v) is 2.65. The van der Waals surface area contributed by atoms with Crippen LogP contribution in [0, 0.1) is 5.41 Å². The topological polar surface area (TPSA) is 77.2 Å². The summed E-state index contributed by atoms with van der Waals surface area (Å²) in [5.74, 6) is 0.101. The first-order valence-corrected chi connectivity index (χ1v) is 7.25. The van der Waals surface area contributed by atoms with Gasteiger partial charge in [-0.1, -0.05) is 20.8 Å². The lowest BCUT2D eigenvalue weighted by molar-refractivity contribution is 0.0527. The number of esters is 1. The molecule has 1 rings (SSSR count). The third kappa shape index (κ3) is 5.25. The number of hydrogen-bond donors (Lipinski definition) is 2. The monoisotopic (exact) mass is 293 g/mol. The molecule has 0 radical (unpaired) electrons. The van der Waals surface area contributed by atoms with Gasteiger partial charge in [-0.2, -0.15) is 0 Å². The van der Waals surface area contributed by atoms with Crippen molar-refractivity contribution in [3.8, 4) is 0 Å².